The zero-order valence-corrected chi connectivity index (χ0v) is 9.83. The van der Waals surface area contributed by atoms with Gasteiger partial charge in [0.05, 0.1) is 10.6 Å². The van der Waals surface area contributed by atoms with Crippen LogP contribution in [0, 0.1) is 0 Å². The van der Waals surface area contributed by atoms with Crippen molar-refractivity contribution < 1.29 is 4.79 Å². The Morgan fingerprint density at radius 1 is 1.38 bits per heavy atom. The molecule has 1 saturated carbocycles. The molecule has 0 bridgehead atoms. The third kappa shape index (κ3) is 2.73. The lowest BCUT2D eigenvalue weighted by atomic mass is 9.95. The lowest BCUT2D eigenvalue weighted by Crippen LogP contribution is -2.36. The van der Waals surface area contributed by atoms with Crippen LogP contribution in [0.3, 0.4) is 0 Å². The maximum Gasteiger partial charge on any atom is 0.253 e. The number of nitrogens with zero attached hydrogens (tertiary/aromatic N) is 1. The minimum Gasteiger partial charge on any atom is -0.349 e. The first-order chi connectivity index (χ1) is 7.77. The molecule has 1 aromatic rings. The molecule has 1 aliphatic carbocycles. The molecule has 0 radical (unpaired) electrons. The highest BCUT2D eigenvalue weighted by atomic mass is 35.5. The van der Waals surface area contributed by atoms with E-state index in [0.717, 1.165) is 12.8 Å². The van der Waals surface area contributed by atoms with E-state index in [4.69, 9.17) is 11.6 Å². The van der Waals surface area contributed by atoms with Gasteiger partial charge in [-0.05, 0) is 18.9 Å². The third-order valence-corrected chi connectivity index (χ3v) is 3.26. The smallest absolute Gasteiger partial charge is 0.253 e. The highest BCUT2D eigenvalue weighted by Gasteiger charge is 2.17. The van der Waals surface area contributed by atoms with Gasteiger partial charge in [0.2, 0.25) is 0 Å². The fourth-order valence-electron chi connectivity index (χ4n) is 2.07. The van der Waals surface area contributed by atoms with E-state index in [-0.39, 0.29) is 5.91 Å². The lowest BCUT2D eigenvalue weighted by molar-refractivity contribution is 0.0928. The van der Waals surface area contributed by atoms with Gasteiger partial charge in [-0.15, -0.1) is 0 Å². The molecule has 1 aromatic heterocycles. The summed E-state index contributed by atoms with van der Waals surface area (Å²) in [5.74, 6) is -0.0840. The van der Waals surface area contributed by atoms with Crippen LogP contribution < -0.4 is 5.32 Å². The number of carbonyl (C=O) groups is 1. The van der Waals surface area contributed by atoms with Crippen molar-refractivity contribution in [1.29, 1.82) is 0 Å². The van der Waals surface area contributed by atoms with Crippen LogP contribution in [0.15, 0.2) is 18.5 Å². The van der Waals surface area contributed by atoms with E-state index >= 15 is 0 Å². The van der Waals surface area contributed by atoms with Crippen molar-refractivity contribution in [3.8, 4) is 0 Å². The van der Waals surface area contributed by atoms with Gasteiger partial charge in [0.15, 0.2) is 0 Å². The summed E-state index contributed by atoms with van der Waals surface area (Å²) in [5.41, 5.74) is 0.516. The number of amides is 1. The number of aromatic nitrogens is 1. The fraction of sp³-hybridized carbons (Fsp3) is 0.500. The van der Waals surface area contributed by atoms with E-state index in [9.17, 15) is 4.79 Å². The minimum atomic E-state index is -0.0840. The molecule has 1 fully saturated rings. The first-order valence-electron chi connectivity index (χ1n) is 5.68. The quantitative estimate of drug-likeness (QED) is 0.861. The minimum absolute atomic E-state index is 0.0840. The molecule has 3 nitrogen and oxygen atoms in total. The first kappa shape index (κ1) is 11.4. The molecule has 0 aliphatic heterocycles. The molecule has 1 heterocycles. The number of pyridine rings is 1. The molecule has 0 saturated heterocycles. The Morgan fingerprint density at radius 2 is 2.12 bits per heavy atom. The van der Waals surface area contributed by atoms with Crippen LogP contribution in [0.2, 0.25) is 5.02 Å². The van der Waals surface area contributed by atoms with Crippen molar-refractivity contribution in [2.75, 3.05) is 0 Å². The Bertz CT molecular complexity index is 375. The van der Waals surface area contributed by atoms with Gasteiger partial charge in [-0.2, -0.15) is 0 Å². The second-order valence-electron chi connectivity index (χ2n) is 4.16. The van der Waals surface area contributed by atoms with Gasteiger partial charge in [-0.3, -0.25) is 9.78 Å². The van der Waals surface area contributed by atoms with Crippen LogP contribution in [0.25, 0.3) is 0 Å². The topological polar surface area (TPSA) is 42.0 Å². The number of hydrogen-bond donors (Lipinski definition) is 1. The van der Waals surface area contributed by atoms with Crippen molar-refractivity contribution >= 4 is 17.5 Å². The summed E-state index contributed by atoms with van der Waals surface area (Å²) in [6.07, 6.45) is 8.92. The monoisotopic (exact) mass is 238 g/mol. The summed E-state index contributed by atoms with van der Waals surface area (Å²) in [7, 11) is 0. The summed E-state index contributed by atoms with van der Waals surface area (Å²) in [6, 6.07) is 1.96. The zero-order valence-electron chi connectivity index (χ0n) is 9.08. The van der Waals surface area contributed by atoms with E-state index in [1.54, 1.807) is 12.3 Å². The molecule has 4 heteroatoms. The number of halogens is 1. The molecule has 1 N–H and O–H groups in total. The Hall–Kier alpha value is -1.09. The zero-order chi connectivity index (χ0) is 11.4. The van der Waals surface area contributed by atoms with Gasteiger partial charge in [0.1, 0.15) is 0 Å². The van der Waals surface area contributed by atoms with E-state index < -0.39 is 0 Å². The van der Waals surface area contributed by atoms with E-state index in [1.165, 1.54) is 25.5 Å². The summed E-state index contributed by atoms with van der Waals surface area (Å²) < 4.78 is 0. The molecule has 0 unspecified atom stereocenters. The molecule has 0 aromatic carbocycles. The highest BCUT2D eigenvalue weighted by molar-refractivity contribution is 6.33. The summed E-state index contributed by atoms with van der Waals surface area (Å²) in [4.78, 5) is 15.8. The van der Waals surface area contributed by atoms with Gasteiger partial charge in [0, 0.05) is 18.4 Å². The van der Waals surface area contributed by atoms with E-state index in [2.05, 4.69) is 10.3 Å². The van der Waals surface area contributed by atoms with Crippen molar-refractivity contribution in [3.63, 3.8) is 0 Å². The van der Waals surface area contributed by atoms with Crippen LogP contribution in [-0.2, 0) is 0 Å². The highest BCUT2D eigenvalue weighted by Crippen LogP contribution is 2.19. The second kappa shape index (κ2) is 5.30. The van der Waals surface area contributed by atoms with Gasteiger partial charge in [-0.1, -0.05) is 30.9 Å². The van der Waals surface area contributed by atoms with Crippen molar-refractivity contribution in [2.24, 2.45) is 0 Å². The third-order valence-electron chi connectivity index (χ3n) is 2.96. The number of carbonyl (C=O) groups excluding carboxylic acids is 1. The van der Waals surface area contributed by atoms with Crippen LogP contribution >= 0.6 is 11.6 Å². The Labute approximate surface area is 100 Å². The average Bonchev–Trinajstić information content (AvgIpc) is 2.31. The molecule has 2 rings (SSSR count). The number of hydrogen-bond acceptors (Lipinski definition) is 2. The van der Waals surface area contributed by atoms with Gasteiger partial charge in [-0.25, -0.2) is 0 Å². The summed E-state index contributed by atoms with van der Waals surface area (Å²) in [6.45, 7) is 0. The standard InChI is InChI=1S/C12H15ClN2O/c13-11-8-14-7-6-10(11)12(16)15-9-4-2-1-3-5-9/h6-9H,1-5H2,(H,15,16). The predicted octanol–water partition coefficient (Wildman–Crippen LogP) is 2.80. The predicted molar refractivity (Wildman–Crippen MR) is 63.6 cm³/mol. The Balaban J connectivity index is 2.00. The lowest BCUT2D eigenvalue weighted by Gasteiger charge is -2.22. The van der Waals surface area contributed by atoms with Crippen LogP contribution in [0.5, 0.6) is 0 Å². The summed E-state index contributed by atoms with van der Waals surface area (Å²) in [5, 5.41) is 3.44. The largest absolute Gasteiger partial charge is 0.349 e. The van der Waals surface area contributed by atoms with E-state index in [0.29, 0.717) is 16.6 Å². The van der Waals surface area contributed by atoms with E-state index in [1.807, 2.05) is 0 Å². The van der Waals surface area contributed by atoms with Gasteiger partial charge in [0.25, 0.3) is 5.91 Å². The number of nitrogens with one attached hydrogen (secondary N) is 1. The maximum absolute atomic E-state index is 11.9. The molecule has 1 aliphatic rings. The normalized spacial score (nSPS) is 17.1. The molecule has 0 atom stereocenters. The van der Waals surface area contributed by atoms with Crippen molar-refractivity contribution in [1.82, 2.24) is 10.3 Å². The fourth-order valence-corrected chi connectivity index (χ4v) is 2.27. The van der Waals surface area contributed by atoms with Crippen LogP contribution in [0.1, 0.15) is 42.5 Å². The molecular weight excluding hydrogens is 224 g/mol. The second-order valence-corrected chi connectivity index (χ2v) is 4.57. The maximum atomic E-state index is 11.9. The SMILES string of the molecule is O=C(NC1CCCCC1)c1ccncc1Cl. The molecule has 1 amide bonds. The first-order valence-corrected chi connectivity index (χ1v) is 6.05. The molecular formula is C12H15ClN2O. The van der Waals surface area contributed by atoms with Crippen molar-refractivity contribution in [3.05, 3.63) is 29.0 Å². The molecule has 16 heavy (non-hydrogen) atoms. The van der Waals surface area contributed by atoms with Gasteiger partial charge < -0.3 is 5.32 Å². The van der Waals surface area contributed by atoms with Gasteiger partial charge >= 0.3 is 0 Å². The van der Waals surface area contributed by atoms with Crippen LogP contribution in [0.4, 0.5) is 0 Å². The Morgan fingerprint density at radius 3 is 2.81 bits per heavy atom. The van der Waals surface area contributed by atoms with Crippen molar-refractivity contribution in [2.45, 2.75) is 38.1 Å². The molecule has 0 spiro atoms. The summed E-state index contributed by atoms with van der Waals surface area (Å²) >= 11 is 5.91. The average molecular weight is 239 g/mol. The number of rotatable bonds is 2. The Kier molecular flexibility index (Phi) is 3.78. The van der Waals surface area contributed by atoms with Crippen LogP contribution in [-0.4, -0.2) is 16.9 Å². The molecule has 86 valence electrons.